The summed E-state index contributed by atoms with van der Waals surface area (Å²) in [4.78, 5) is 17.7. The summed E-state index contributed by atoms with van der Waals surface area (Å²) in [6.07, 6.45) is -1.05. The Kier molecular flexibility index (Phi) is 9.58. The number of rotatable bonds is 13. The van der Waals surface area contributed by atoms with Crippen LogP contribution in [0.3, 0.4) is 0 Å². The molecule has 3 aromatic rings. The average molecular weight is 657 g/mol. The van der Waals surface area contributed by atoms with Crippen molar-refractivity contribution in [1.82, 2.24) is 14.6 Å². The molecule has 3 heterocycles. The van der Waals surface area contributed by atoms with Gasteiger partial charge in [0.1, 0.15) is 11.6 Å². The summed E-state index contributed by atoms with van der Waals surface area (Å²) in [5.41, 5.74) is 1.74. The Hall–Kier alpha value is -3.23. The minimum Gasteiger partial charge on any atom is -0.443 e. The lowest BCUT2D eigenvalue weighted by atomic mass is 9.80. The second kappa shape index (κ2) is 13.5. The van der Waals surface area contributed by atoms with Gasteiger partial charge in [0.15, 0.2) is 11.9 Å². The predicted octanol–water partition coefficient (Wildman–Crippen LogP) is 4.14. The standard InChI is InChI=1S/C33H44N4O8S/c1-19(2)16-37(46(40,41)23-10-11-25-28(14-23)44-32(35-25)34-20(3)4)17-27(38)26(12-21-8-6-5-7-9-21)36-33(39)45-29-13-22-18-42-31-24(22)15-30(29)43-31/h5-11,14,19-20,22,24,26-27,29-31,38H,12-13,15-18H2,1-4H3,(H,34,35)(H,36,39)/t22-,24?,26-,27+,29-,30?,31-/m0/s1. The van der Waals surface area contributed by atoms with Crippen LogP contribution < -0.4 is 10.6 Å². The zero-order valence-corrected chi connectivity index (χ0v) is 27.5. The van der Waals surface area contributed by atoms with Gasteiger partial charge in [0.2, 0.25) is 10.0 Å². The molecule has 46 heavy (non-hydrogen) atoms. The summed E-state index contributed by atoms with van der Waals surface area (Å²) in [5, 5.41) is 17.6. The van der Waals surface area contributed by atoms with Crippen molar-refractivity contribution in [2.75, 3.05) is 25.0 Å². The van der Waals surface area contributed by atoms with Crippen LogP contribution in [0.4, 0.5) is 10.8 Å². The first-order valence-electron chi connectivity index (χ1n) is 16.1. The molecular formula is C33H44N4O8S. The van der Waals surface area contributed by atoms with E-state index in [0.717, 1.165) is 12.0 Å². The van der Waals surface area contributed by atoms with E-state index in [0.29, 0.717) is 36.1 Å². The van der Waals surface area contributed by atoms with Crippen molar-refractivity contribution < 1.29 is 36.9 Å². The SMILES string of the molecule is CC(C)CN(C[C@@H](O)[C@H](Cc1ccccc1)NC(=O)O[C@H]1C[C@H]2CO[C@H]3OC1CC23)S(=O)(=O)c1ccc2nc(NC(C)C)oc2c1. The molecular weight excluding hydrogens is 612 g/mol. The van der Waals surface area contributed by atoms with Crippen LogP contribution in [0.25, 0.3) is 11.1 Å². The largest absolute Gasteiger partial charge is 0.443 e. The van der Waals surface area contributed by atoms with E-state index in [1.807, 2.05) is 58.0 Å². The molecule has 3 fully saturated rings. The van der Waals surface area contributed by atoms with Gasteiger partial charge in [-0.05, 0) is 62.6 Å². The Morgan fingerprint density at radius 1 is 1.11 bits per heavy atom. The number of sulfonamides is 1. The number of carbonyl (C=O) groups excluding carboxylic acids is 1. The van der Waals surface area contributed by atoms with E-state index in [-0.39, 0.29) is 54.7 Å². The second-order valence-corrected chi connectivity index (χ2v) is 15.3. The molecule has 1 aliphatic carbocycles. The summed E-state index contributed by atoms with van der Waals surface area (Å²) in [7, 11) is -4.07. The molecule has 7 atom stereocenters. The van der Waals surface area contributed by atoms with Crippen LogP contribution in [-0.4, -0.2) is 85.3 Å². The van der Waals surface area contributed by atoms with Gasteiger partial charge >= 0.3 is 6.09 Å². The van der Waals surface area contributed by atoms with Gasteiger partial charge in [-0.1, -0.05) is 44.2 Å². The van der Waals surface area contributed by atoms with Gasteiger partial charge in [-0.25, -0.2) is 13.2 Å². The van der Waals surface area contributed by atoms with Gasteiger partial charge in [0.25, 0.3) is 6.01 Å². The average Bonchev–Trinajstić information content (AvgIpc) is 3.68. The first-order valence-corrected chi connectivity index (χ1v) is 17.5. The Balaban J connectivity index is 1.20. The number of nitrogens with one attached hydrogen (secondary N) is 2. The van der Waals surface area contributed by atoms with Crippen LogP contribution in [0.2, 0.25) is 0 Å². The number of nitrogens with zero attached hydrogens (tertiary/aromatic N) is 2. The predicted molar refractivity (Wildman–Crippen MR) is 171 cm³/mol. The van der Waals surface area contributed by atoms with Crippen LogP contribution in [0.5, 0.6) is 0 Å². The summed E-state index contributed by atoms with van der Waals surface area (Å²) in [5.74, 6) is 0.596. The highest BCUT2D eigenvalue weighted by atomic mass is 32.2. The molecule has 2 saturated heterocycles. The molecule has 250 valence electrons. The third-order valence-electron chi connectivity index (χ3n) is 8.89. The lowest BCUT2D eigenvalue weighted by Gasteiger charge is -2.33. The topological polar surface area (TPSA) is 152 Å². The summed E-state index contributed by atoms with van der Waals surface area (Å²) < 4.78 is 52.7. The molecule has 13 heteroatoms. The number of benzene rings is 2. The van der Waals surface area contributed by atoms with E-state index in [1.54, 1.807) is 6.07 Å². The number of aliphatic hydroxyl groups is 1. The number of hydrogen-bond donors (Lipinski definition) is 3. The van der Waals surface area contributed by atoms with Gasteiger partial charge in [-0.15, -0.1) is 0 Å². The smallest absolute Gasteiger partial charge is 0.407 e. The van der Waals surface area contributed by atoms with Gasteiger partial charge < -0.3 is 34.4 Å². The fourth-order valence-corrected chi connectivity index (χ4v) is 8.33. The lowest BCUT2D eigenvalue weighted by molar-refractivity contribution is -0.147. The Labute approximate surface area is 269 Å². The van der Waals surface area contributed by atoms with Gasteiger partial charge in [-0.3, -0.25) is 0 Å². The molecule has 2 aromatic carbocycles. The van der Waals surface area contributed by atoms with Gasteiger partial charge in [0.05, 0.1) is 29.8 Å². The summed E-state index contributed by atoms with van der Waals surface area (Å²) >= 11 is 0. The van der Waals surface area contributed by atoms with E-state index < -0.39 is 34.4 Å². The molecule has 0 radical (unpaired) electrons. The number of carbonyl (C=O) groups is 1. The number of amides is 1. The molecule has 1 saturated carbocycles. The normalized spacial score (nSPS) is 25.3. The Bertz CT molecular complexity index is 1610. The maximum atomic E-state index is 14.0. The van der Waals surface area contributed by atoms with Gasteiger partial charge in [-0.2, -0.15) is 9.29 Å². The molecule has 0 spiro atoms. The van der Waals surface area contributed by atoms with Crippen molar-refractivity contribution >= 4 is 33.2 Å². The van der Waals surface area contributed by atoms with Crippen LogP contribution in [0.1, 0.15) is 46.1 Å². The molecule has 3 N–H and O–H groups in total. The van der Waals surface area contributed by atoms with Crippen LogP contribution in [-0.2, 0) is 30.7 Å². The molecule has 2 bridgehead atoms. The zero-order chi connectivity index (χ0) is 32.6. The van der Waals surface area contributed by atoms with Crippen molar-refractivity contribution in [3.05, 3.63) is 54.1 Å². The van der Waals surface area contributed by atoms with Crippen LogP contribution in [0, 0.1) is 17.8 Å². The van der Waals surface area contributed by atoms with Crippen molar-refractivity contribution in [2.45, 2.75) is 88.5 Å². The highest BCUT2D eigenvalue weighted by Gasteiger charge is 2.54. The van der Waals surface area contributed by atoms with E-state index in [2.05, 4.69) is 15.6 Å². The number of anilines is 1. The molecule has 2 unspecified atom stereocenters. The molecule has 1 aromatic heterocycles. The number of aromatic nitrogens is 1. The van der Waals surface area contributed by atoms with Crippen LogP contribution in [0.15, 0.2) is 57.8 Å². The first kappa shape index (κ1) is 32.7. The maximum absolute atomic E-state index is 14.0. The third kappa shape index (κ3) is 7.18. The molecule has 3 aliphatic rings. The minimum atomic E-state index is -4.07. The molecule has 6 rings (SSSR count). The van der Waals surface area contributed by atoms with Crippen molar-refractivity contribution in [2.24, 2.45) is 17.8 Å². The van der Waals surface area contributed by atoms with E-state index in [9.17, 15) is 18.3 Å². The number of alkyl carbamates (subject to hydrolysis) is 1. The first-order chi connectivity index (χ1) is 22.0. The highest BCUT2D eigenvalue weighted by molar-refractivity contribution is 7.89. The Morgan fingerprint density at radius 2 is 1.89 bits per heavy atom. The third-order valence-corrected chi connectivity index (χ3v) is 10.7. The van der Waals surface area contributed by atoms with Crippen molar-refractivity contribution in [3.8, 4) is 0 Å². The molecule has 1 amide bonds. The number of fused-ring (bicyclic) bond motifs is 2. The van der Waals surface area contributed by atoms with E-state index in [1.165, 1.54) is 16.4 Å². The van der Waals surface area contributed by atoms with Crippen molar-refractivity contribution in [3.63, 3.8) is 0 Å². The number of aliphatic hydroxyl groups excluding tert-OH is 1. The number of ether oxygens (including phenoxy) is 3. The summed E-state index contributed by atoms with van der Waals surface area (Å²) in [6.45, 7) is 8.23. The summed E-state index contributed by atoms with van der Waals surface area (Å²) in [6, 6.07) is 13.6. The fourth-order valence-electron chi connectivity index (χ4n) is 6.70. The molecule has 2 aliphatic heterocycles. The zero-order valence-electron chi connectivity index (χ0n) is 26.7. The fraction of sp³-hybridized carbons (Fsp3) is 0.576. The second-order valence-electron chi connectivity index (χ2n) is 13.4. The Morgan fingerprint density at radius 3 is 2.63 bits per heavy atom. The van der Waals surface area contributed by atoms with Crippen molar-refractivity contribution in [1.29, 1.82) is 0 Å². The van der Waals surface area contributed by atoms with Crippen LogP contribution >= 0.6 is 0 Å². The van der Waals surface area contributed by atoms with Gasteiger partial charge in [0, 0.05) is 31.1 Å². The quantitative estimate of drug-likeness (QED) is 0.245. The molecule has 12 nitrogen and oxygen atoms in total. The number of oxazole rings is 1. The minimum absolute atomic E-state index is 0.0255. The number of hydrogen-bond acceptors (Lipinski definition) is 10. The van der Waals surface area contributed by atoms with E-state index >= 15 is 0 Å². The van der Waals surface area contributed by atoms with E-state index in [4.69, 9.17) is 18.6 Å². The highest BCUT2D eigenvalue weighted by Crippen LogP contribution is 2.47. The maximum Gasteiger partial charge on any atom is 0.407 e. The monoisotopic (exact) mass is 656 g/mol. The lowest BCUT2D eigenvalue weighted by Crippen LogP contribution is -2.52.